The molecule has 1 aliphatic rings. The fourth-order valence-electron chi connectivity index (χ4n) is 4.71. The van der Waals surface area contributed by atoms with Gasteiger partial charge >= 0.3 is 0 Å². The summed E-state index contributed by atoms with van der Waals surface area (Å²) in [7, 11) is -0.518. The Morgan fingerprint density at radius 2 is 1.75 bits per heavy atom. The molecular weight excluding hydrogens is 536 g/mol. The number of hydrogen-bond donors (Lipinski definition) is 2. The van der Waals surface area contributed by atoms with Crippen molar-refractivity contribution in [3.05, 3.63) is 58.8 Å². The van der Waals surface area contributed by atoms with Crippen molar-refractivity contribution in [3.63, 3.8) is 0 Å². The van der Waals surface area contributed by atoms with Gasteiger partial charge in [-0.15, -0.1) is 0 Å². The van der Waals surface area contributed by atoms with Crippen LogP contribution in [0.15, 0.2) is 40.8 Å². The summed E-state index contributed by atoms with van der Waals surface area (Å²) in [4.78, 5) is 13.1. The van der Waals surface area contributed by atoms with E-state index in [9.17, 15) is 13.2 Å². The summed E-state index contributed by atoms with van der Waals surface area (Å²) >= 11 is 0. The fourth-order valence-corrected chi connectivity index (χ4v) is 5.13. The van der Waals surface area contributed by atoms with E-state index in [1.165, 1.54) is 25.3 Å². The van der Waals surface area contributed by atoms with Gasteiger partial charge in [0.2, 0.25) is 0 Å². The van der Waals surface area contributed by atoms with Crippen molar-refractivity contribution in [1.29, 1.82) is 0 Å². The number of methoxy groups -OCH3 is 2. The Bertz CT molecular complexity index is 1470. The minimum Gasteiger partial charge on any atom is -0.494 e. The van der Waals surface area contributed by atoms with Gasteiger partial charge in [-0.25, -0.2) is 0 Å². The number of aryl methyl sites for hydroxylation is 2. The summed E-state index contributed by atoms with van der Waals surface area (Å²) in [5.74, 6) is 1.19. The van der Waals surface area contributed by atoms with E-state index < -0.39 is 16.0 Å². The van der Waals surface area contributed by atoms with Crippen molar-refractivity contribution in [2.45, 2.75) is 45.4 Å². The first-order valence-corrected chi connectivity index (χ1v) is 14.8. The molecule has 2 aromatic carbocycles. The first-order valence-electron chi connectivity index (χ1n) is 13.0. The number of ether oxygens (including phenoxy) is 3. The Balaban J connectivity index is 1.44. The normalized spacial score (nSPS) is 13.9. The second-order valence-corrected chi connectivity index (χ2v) is 12.0. The van der Waals surface area contributed by atoms with Gasteiger partial charge < -0.3 is 29.3 Å². The van der Waals surface area contributed by atoms with Crippen LogP contribution in [0.3, 0.4) is 0 Å². The third kappa shape index (κ3) is 6.89. The SMILES string of the molecule is COc1cc(NCCCOS(C)(=O)=O)cc(OC)c1NC(=O)c1ccc(Oc2cc3c(cc2C)CCC3(C)C)o1. The molecule has 1 aliphatic carbocycles. The number of carbonyl (C=O) groups is 1. The molecule has 0 spiro atoms. The number of benzene rings is 2. The Labute approximate surface area is 235 Å². The van der Waals surface area contributed by atoms with E-state index in [1.807, 2.05) is 6.92 Å². The molecular formula is C29H36N2O8S. The molecule has 3 aromatic rings. The highest BCUT2D eigenvalue weighted by atomic mass is 32.2. The van der Waals surface area contributed by atoms with Crippen molar-refractivity contribution in [2.75, 3.05) is 44.3 Å². The molecule has 0 saturated carbocycles. The van der Waals surface area contributed by atoms with Gasteiger partial charge in [-0.05, 0) is 60.4 Å². The van der Waals surface area contributed by atoms with Gasteiger partial charge in [-0.3, -0.25) is 8.98 Å². The van der Waals surface area contributed by atoms with E-state index in [1.54, 1.807) is 24.3 Å². The van der Waals surface area contributed by atoms with Crippen LogP contribution in [0.2, 0.25) is 0 Å². The molecule has 1 aromatic heterocycles. The van der Waals surface area contributed by atoms with Crippen molar-refractivity contribution in [2.24, 2.45) is 0 Å². The van der Waals surface area contributed by atoms with Crippen molar-refractivity contribution >= 4 is 27.4 Å². The molecule has 10 nitrogen and oxygen atoms in total. The van der Waals surface area contributed by atoms with Crippen LogP contribution in [0, 0.1) is 6.92 Å². The maximum atomic E-state index is 13.1. The summed E-state index contributed by atoms with van der Waals surface area (Å²) in [5, 5.41) is 5.96. The quantitative estimate of drug-likeness (QED) is 0.209. The van der Waals surface area contributed by atoms with E-state index in [4.69, 9.17) is 22.8 Å². The summed E-state index contributed by atoms with van der Waals surface area (Å²) < 4.78 is 49.7. The Morgan fingerprint density at radius 3 is 2.40 bits per heavy atom. The van der Waals surface area contributed by atoms with Crippen LogP contribution in [-0.2, 0) is 26.1 Å². The first kappa shape index (κ1) is 29.3. The lowest BCUT2D eigenvalue weighted by Crippen LogP contribution is -2.13. The third-order valence-electron chi connectivity index (χ3n) is 6.86. The number of anilines is 2. The molecule has 40 heavy (non-hydrogen) atoms. The second-order valence-electron chi connectivity index (χ2n) is 10.4. The van der Waals surface area contributed by atoms with Gasteiger partial charge in [0.05, 0.1) is 27.1 Å². The summed E-state index contributed by atoms with van der Waals surface area (Å²) in [6.45, 7) is 6.97. The van der Waals surface area contributed by atoms with Gasteiger partial charge in [0, 0.05) is 30.4 Å². The van der Waals surface area contributed by atoms with Crippen molar-refractivity contribution < 1.29 is 36.0 Å². The lowest BCUT2D eigenvalue weighted by Gasteiger charge is -2.20. The molecule has 0 fully saturated rings. The molecule has 0 radical (unpaired) electrons. The van der Waals surface area contributed by atoms with Crippen molar-refractivity contribution in [3.8, 4) is 23.2 Å². The number of furan rings is 1. The lowest BCUT2D eigenvalue weighted by atomic mass is 9.86. The minimum atomic E-state index is -3.48. The number of hydrogen-bond acceptors (Lipinski definition) is 9. The molecule has 4 rings (SSSR count). The molecule has 1 heterocycles. The van der Waals surface area contributed by atoms with Gasteiger partial charge in [0.25, 0.3) is 22.0 Å². The highest BCUT2D eigenvalue weighted by Crippen LogP contribution is 2.42. The average Bonchev–Trinajstić information content (AvgIpc) is 3.47. The predicted octanol–water partition coefficient (Wildman–Crippen LogP) is 5.65. The second kappa shape index (κ2) is 11.8. The maximum absolute atomic E-state index is 13.1. The topological polar surface area (TPSA) is 125 Å². The summed E-state index contributed by atoms with van der Waals surface area (Å²) in [5.41, 5.74) is 4.70. The molecule has 11 heteroatoms. The van der Waals surface area contributed by atoms with Crippen LogP contribution < -0.4 is 24.8 Å². The molecule has 0 unspecified atom stereocenters. The van der Waals surface area contributed by atoms with Crippen LogP contribution >= 0.6 is 0 Å². The van der Waals surface area contributed by atoms with E-state index in [0.717, 1.165) is 24.7 Å². The van der Waals surface area contributed by atoms with Gasteiger partial charge in [-0.1, -0.05) is 19.9 Å². The van der Waals surface area contributed by atoms with E-state index in [2.05, 4.69) is 36.6 Å². The highest BCUT2D eigenvalue weighted by molar-refractivity contribution is 7.85. The smallest absolute Gasteiger partial charge is 0.291 e. The zero-order chi connectivity index (χ0) is 29.1. The highest BCUT2D eigenvalue weighted by Gasteiger charge is 2.31. The van der Waals surface area contributed by atoms with Crippen LogP contribution in [-0.4, -0.2) is 48.0 Å². The van der Waals surface area contributed by atoms with Gasteiger partial charge in [-0.2, -0.15) is 8.42 Å². The molecule has 1 amide bonds. The molecule has 0 saturated heterocycles. The van der Waals surface area contributed by atoms with Gasteiger partial charge in [0.1, 0.15) is 22.9 Å². The fraction of sp³-hybridized carbons (Fsp3) is 0.414. The molecule has 0 aliphatic heterocycles. The number of nitrogens with one attached hydrogen (secondary N) is 2. The Hall–Kier alpha value is -3.70. The predicted molar refractivity (Wildman–Crippen MR) is 153 cm³/mol. The summed E-state index contributed by atoms with van der Waals surface area (Å²) in [6, 6.07) is 10.8. The largest absolute Gasteiger partial charge is 0.494 e. The van der Waals surface area contributed by atoms with Crippen molar-refractivity contribution in [1.82, 2.24) is 0 Å². The zero-order valence-corrected chi connectivity index (χ0v) is 24.5. The number of rotatable bonds is 12. The summed E-state index contributed by atoms with van der Waals surface area (Å²) in [6.07, 6.45) is 3.62. The number of fused-ring (bicyclic) bond motifs is 1. The zero-order valence-electron chi connectivity index (χ0n) is 23.7. The van der Waals surface area contributed by atoms with Crippen LogP contribution in [0.1, 0.15) is 53.9 Å². The standard InChI is InChI=1S/C29H36N2O8S/c1-18-14-19-10-11-29(2,3)21(19)17-23(18)39-26-9-8-22(38-26)28(32)31-27-24(35-4)15-20(16-25(27)36-5)30-12-7-13-37-40(6,33)34/h8-9,14-17,30H,7,10-13H2,1-6H3,(H,31,32). The Kier molecular flexibility index (Phi) is 8.65. The Morgan fingerprint density at radius 1 is 1.05 bits per heavy atom. The van der Waals surface area contributed by atoms with Crippen LogP contribution in [0.25, 0.3) is 0 Å². The van der Waals surface area contributed by atoms with Gasteiger partial charge in [0.15, 0.2) is 5.76 Å². The van der Waals surface area contributed by atoms with Crippen LogP contribution in [0.5, 0.6) is 23.2 Å². The third-order valence-corrected chi connectivity index (χ3v) is 7.45. The van der Waals surface area contributed by atoms with E-state index >= 15 is 0 Å². The molecule has 0 bridgehead atoms. The number of amides is 1. The lowest BCUT2D eigenvalue weighted by molar-refractivity contribution is 0.0991. The monoisotopic (exact) mass is 572 g/mol. The average molecular weight is 573 g/mol. The molecule has 2 N–H and O–H groups in total. The first-order chi connectivity index (χ1) is 18.9. The van der Waals surface area contributed by atoms with E-state index in [0.29, 0.717) is 41.6 Å². The minimum absolute atomic E-state index is 0.0614. The molecule has 0 atom stereocenters. The molecule has 216 valence electrons. The van der Waals surface area contributed by atoms with E-state index in [-0.39, 0.29) is 23.7 Å². The number of carbonyl (C=O) groups excluding carboxylic acids is 1. The van der Waals surface area contributed by atoms with Crippen LogP contribution in [0.4, 0.5) is 11.4 Å². The maximum Gasteiger partial charge on any atom is 0.291 e.